The Hall–Kier alpha value is -2.04. The van der Waals surface area contributed by atoms with Crippen LogP contribution in [0.1, 0.15) is 11.4 Å². The van der Waals surface area contributed by atoms with E-state index in [9.17, 15) is 0 Å². The Morgan fingerprint density at radius 2 is 2.29 bits per heavy atom. The second-order valence-electron chi connectivity index (χ2n) is 3.80. The highest BCUT2D eigenvalue weighted by atomic mass is 15.2. The molecule has 0 aliphatic heterocycles. The van der Waals surface area contributed by atoms with Crippen molar-refractivity contribution >= 4 is 11.6 Å². The van der Waals surface area contributed by atoms with E-state index in [-0.39, 0.29) is 0 Å². The molecular formula is C12H17N5. The lowest BCUT2D eigenvalue weighted by molar-refractivity contribution is 0.845. The Morgan fingerprint density at radius 3 is 2.94 bits per heavy atom. The Labute approximate surface area is 101 Å². The van der Waals surface area contributed by atoms with Crippen LogP contribution in [0.2, 0.25) is 0 Å². The smallest absolute Gasteiger partial charge is 0.191 e. The number of nitrogens with one attached hydrogen (secondary N) is 2. The van der Waals surface area contributed by atoms with E-state index in [1.54, 1.807) is 7.05 Å². The maximum absolute atomic E-state index is 4.53. The predicted molar refractivity (Wildman–Crippen MR) is 69.2 cm³/mol. The maximum Gasteiger partial charge on any atom is 0.191 e. The zero-order valence-electron chi connectivity index (χ0n) is 10.4. The van der Waals surface area contributed by atoms with Crippen LogP contribution in [0.25, 0.3) is 5.65 Å². The third-order valence-electron chi connectivity index (χ3n) is 2.64. The molecule has 90 valence electrons. The number of aryl methyl sites for hydroxylation is 1. The summed E-state index contributed by atoms with van der Waals surface area (Å²) >= 11 is 0. The molecule has 0 aromatic carbocycles. The highest BCUT2D eigenvalue weighted by molar-refractivity contribution is 5.79. The van der Waals surface area contributed by atoms with Gasteiger partial charge in [0.15, 0.2) is 5.96 Å². The Morgan fingerprint density at radius 1 is 1.47 bits per heavy atom. The number of guanidine groups is 1. The largest absolute Gasteiger partial charge is 0.359 e. The molecule has 2 heterocycles. The van der Waals surface area contributed by atoms with E-state index in [1.807, 2.05) is 25.4 Å². The van der Waals surface area contributed by atoms with Crippen molar-refractivity contribution in [2.24, 2.45) is 4.99 Å². The Kier molecular flexibility index (Phi) is 3.27. The summed E-state index contributed by atoms with van der Waals surface area (Å²) in [5, 5.41) is 6.15. The van der Waals surface area contributed by atoms with Gasteiger partial charge in [0.1, 0.15) is 5.65 Å². The van der Waals surface area contributed by atoms with Crippen molar-refractivity contribution < 1.29 is 0 Å². The number of hydrogen-bond donors (Lipinski definition) is 2. The number of aliphatic imine (C=N–C) groups is 1. The van der Waals surface area contributed by atoms with Crippen LogP contribution >= 0.6 is 0 Å². The van der Waals surface area contributed by atoms with E-state index in [4.69, 9.17) is 0 Å². The fraction of sp³-hybridized carbons (Fsp3) is 0.333. The quantitative estimate of drug-likeness (QED) is 0.597. The minimum atomic E-state index is 0.661. The molecule has 2 rings (SSSR count). The monoisotopic (exact) mass is 231 g/mol. The number of imidazole rings is 1. The lowest BCUT2D eigenvalue weighted by atomic mass is 10.4. The van der Waals surface area contributed by atoms with E-state index in [0.29, 0.717) is 6.54 Å². The topological polar surface area (TPSA) is 53.7 Å². The van der Waals surface area contributed by atoms with Crippen LogP contribution in [0.5, 0.6) is 0 Å². The van der Waals surface area contributed by atoms with Gasteiger partial charge >= 0.3 is 0 Å². The van der Waals surface area contributed by atoms with Crippen molar-refractivity contribution in [3.05, 3.63) is 35.8 Å². The van der Waals surface area contributed by atoms with Gasteiger partial charge < -0.3 is 15.0 Å². The van der Waals surface area contributed by atoms with Crippen LogP contribution in [0.4, 0.5) is 0 Å². The summed E-state index contributed by atoms with van der Waals surface area (Å²) in [5.74, 6) is 0.763. The van der Waals surface area contributed by atoms with Crippen molar-refractivity contribution in [1.82, 2.24) is 20.0 Å². The summed E-state index contributed by atoms with van der Waals surface area (Å²) in [4.78, 5) is 8.58. The van der Waals surface area contributed by atoms with E-state index >= 15 is 0 Å². The second kappa shape index (κ2) is 4.86. The summed E-state index contributed by atoms with van der Waals surface area (Å²) in [7, 11) is 3.58. The molecule has 2 aromatic rings. The minimum Gasteiger partial charge on any atom is -0.359 e. The van der Waals surface area contributed by atoms with Gasteiger partial charge in [-0.2, -0.15) is 0 Å². The molecule has 0 atom stereocenters. The predicted octanol–water partition coefficient (Wildman–Crippen LogP) is 0.938. The summed E-state index contributed by atoms with van der Waals surface area (Å²) in [6.45, 7) is 2.73. The first-order valence-electron chi connectivity index (χ1n) is 5.56. The normalized spacial score (nSPS) is 11.8. The van der Waals surface area contributed by atoms with Crippen molar-refractivity contribution in [3.8, 4) is 0 Å². The lowest BCUT2D eigenvalue weighted by Gasteiger charge is -2.05. The fourth-order valence-electron chi connectivity index (χ4n) is 1.74. The van der Waals surface area contributed by atoms with E-state index in [2.05, 4.69) is 38.0 Å². The van der Waals surface area contributed by atoms with Gasteiger partial charge in [-0.1, -0.05) is 6.07 Å². The number of pyridine rings is 1. The van der Waals surface area contributed by atoms with Gasteiger partial charge in [-0.15, -0.1) is 0 Å². The van der Waals surface area contributed by atoms with Crippen molar-refractivity contribution in [2.75, 3.05) is 14.1 Å². The molecule has 17 heavy (non-hydrogen) atoms. The van der Waals surface area contributed by atoms with Gasteiger partial charge in [0.2, 0.25) is 0 Å². The van der Waals surface area contributed by atoms with Gasteiger partial charge in [0, 0.05) is 26.0 Å². The molecule has 0 saturated carbocycles. The van der Waals surface area contributed by atoms with Crippen LogP contribution in [0.15, 0.2) is 29.4 Å². The second-order valence-corrected chi connectivity index (χ2v) is 3.80. The van der Waals surface area contributed by atoms with E-state index < -0.39 is 0 Å². The van der Waals surface area contributed by atoms with Gasteiger partial charge in [-0.05, 0) is 19.1 Å². The first-order chi connectivity index (χ1) is 8.24. The van der Waals surface area contributed by atoms with Gasteiger partial charge in [-0.25, -0.2) is 4.98 Å². The molecule has 0 aliphatic carbocycles. The molecule has 0 spiro atoms. The molecule has 0 bridgehead atoms. The average Bonchev–Trinajstić information content (AvgIpc) is 2.75. The van der Waals surface area contributed by atoms with Gasteiger partial charge in [-0.3, -0.25) is 4.99 Å². The number of nitrogens with zero attached hydrogens (tertiary/aromatic N) is 3. The van der Waals surface area contributed by atoms with Crippen molar-refractivity contribution in [2.45, 2.75) is 13.5 Å². The van der Waals surface area contributed by atoms with E-state index in [1.165, 1.54) is 5.69 Å². The van der Waals surface area contributed by atoms with Crippen LogP contribution in [-0.4, -0.2) is 29.4 Å². The molecule has 2 N–H and O–H groups in total. The molecule has 2 aromatic heterocycles. The number of aromatic nitrogens is 2. The number of hydrogen-bond acceptors (Lipinski definition) is 2. The first-order valence-corrected chi connectivity index (χ1v) is 5.56. The summed E-state index contributed by atoms with van der Waals surface area (Å²) in [5.41, 5.74) is 3.15. The third-order valence-corrected chi connectivity index (χ3v) is 2.64. The van der Waals surface area contributed by atoms with Crippen LogP contribution in [-0.2, 0) is 6.54 Å². The van der Waals surface area contributed by atoms with Crippen molar-refractivity contribution in [1.29, 1.82) is 0 Å². The molecule has 0 radical (unpaired) electrons. The minimum absolute atomic E-state index is 0.661. The molecule has 0 aliphatic rings. The molecular weight excluding hydrogens is 214 g/mol. The third kappa shape index (κ3) is 2.38. The zero-order valence-corrected chi connectivity index (χ0v) is 10.4. The van der Waals surface area contributed by atoms with Crippen LogP contribution in [0, 0.1) is 6.92 Å². The van der Waals surface area contributed by atoms with Crippen LogP contribution in [0.3, 0.4) is 0 Å². The SMILES string of the molecule is CN=C(NC)NCc1cn2c(C)cccc2n1. The van der Waals surface area contributed by atoms with Gasteiger partial charge in [0.05, 0.1) is 12.2 Å². The summed E-state index contributed by atoms with van der Waals surface area (Å²) in [6.07, 6.45) is 2.04. The summed E-state index contributed by atoms with van der Waals surface area (Å²) < 4.78 is 2.08. The molecule has 0 amide bonds. The maximum atomic E-state index is 4.53. The molecule has 5 heteroatoms. The highest BCUT2D eigenvalue weighted by Crippen LogP contribution is 2.07. The average molecular weight is 231 g/mol. The molecule has 0 unspecified atom stereocenters. The Balaban J connectivity index is 2.17. The van der Waals surface area contributed by atoms with Crippen molar-refractivity contribution in [3.63, 3.8) is 0 Å². The van der Waals surface area contributed by atoms with E-state index in [0.717, 1.165) is 17.3 Å². The molecule has 0 saturated heterocycles. The zero-order chi connectivity index (χ0) is 12.3. The number of rotatable bonds is 2. The summed E-state index contributed by atoms with van der Waals surface area (Å²) in [6, 6.07) is 6.09. The first kappa shape index (κ1) is 11.4. The van der Waals surface area contributed by atoms with Crippen LogP contribution < -0.4 is 10.6 Å². The lowest BCUT2D eigenvalue weighted by Crippen LogP contribution is -2.34. The Bertz CT molecular complexity index is 541. The molecule has 0 fully saturated rings. The number of fused-ring (bicyclic) bond motifs is 1. The highest BCUT2D eigenvalue weighted by Gasteiger charge is 2.03. The van der Waals surface area contributed by atoms with Gasteiger partial charge in [0.25, 0.3) is 0 Å². The standard InChI is InChI=1S/C12H17N5/c1-9-5-4-6-11-16-10(8-17(9)11)7-15-12(13-2)14-3/h4-6,8H,7H2,1-3H3,(H2,13,14,15). The molecule has 5 nitrogen and oxygen atoms in total. The fourth-order valence-corrected chi connectivity index (χ4v) is 1.74.